The van der Waals surface area contributed by atoms with Crippen LogP contribution >= 0.6 is 0 Å². The Morgan fingerprint density at radius 3 is 2.67 bits per heavy atom. The van der Waals surface area contributed by atoms with Crippen molar-refractivity contribution in [2.75, 3.05) is 18.9 Å². The number of sulfonamides is 1. The summed E-state index contributed by atoms with van der Waals surface area (Å²) in [6.45, 7) is -0.439. The molecule has 0 saturated heterocycles. The van der Waals surface area contributed by atoms with Crippen LogP contribution in [0.25, 0.3) is 0 Å². The van der Waals surface area contributed by atoms with Gasteiger partial charge in [0.15, 0.2) is 0 Å². The molecule has 0 fully saturated rings. The van der Waals surface area contributed by atoms with Crippen molar-refractivity contribution in [1.29, 1.82) is 0 Å². The largest absolute Gasteiger partial charge is 0.396 e. The maximum atomic E-state index is 13.0. The summed E-state index contributed by atoms with van der Waals surface area (Å²) in [6.07, 6.45) is 0. The van der Waals surface area contributed by atoms with Crippen molar-refractivity contribution < 1.29 is 17.9 Å². The quantitative estimate of drug-likeness (QED) is 0.622. The van der Waals surface area contributed by atoms with Gasteiger partial charge in [0.2, 0.25) is 10.0 Å². The molecule has 0 unspecified atom stereocenters. The molecular formula is C8H11FN2O3S. The number of anilines is 1. The first kappa shape index (κ1) is 11.9. The van der Waals surface area contributed by atoms with Crippen molar-refractivity contribution >= 4 is 15.7 Å². The predicted molar refractivity (Wildman–Crippen MR) is 53.1 cm³/mol. The van der Waals surface area contributed by atoms with Gasteiger partial charge >= 0.3 is 0 Å². The number of benzene rings is 1. The molecule has 1 aromatic carbocycles. The third kappa shape index (κ3) is 2.88. The number of nitrogen functional groups attached to an aromatic ring is 1. The van der Waals surface area contributed by atoms with Gasteiger partial charge < -0.3 is 10.8 Å². The number of hydrogen-bond acceptors (Lipinski definition) is 4. The minimum Gasteiger partial charge on any atom is -0.396 e. The lowest BCUT2D eigenvalue weighted by atomic mass is 10.3. The fourth-order valence-electron chi connectivity index (χ4n) is 0.938. The monoisotopic (exact) mass is 234 g/mol. The van der Waals surface area contributed by atoms with Gasteiger partial charge in [0.05, 0.1) is 17.2 Å². The van der Waals surface area contributed by atoms with E-state index in [1.165, 1.54) is 12.1 Å². The number of nitrogens with two attached hydrogens (primary N) is 1. The molecule has 0 aliphatic carbocycles. The second kappa shape index (κ2) is 4.56. The van der Waals surface area contributed by atoms with Crippen molar-refractivity contribution in [2.24, 2.45) is 0 Å². The van der Waals surface area contributed by atoms with Crippen LogP contribution in [0.1, 0.15) is 0 Å². The van der Waals surface area contributed by atoms with Gasteiger partial charge in [-0.05, 0) is 18.2 Å². The molecular weight excluding hydrogens is 223 g/mol. The van der Waals surface area contributed by atoms with E-state index in [1.54, 1.807) is 0 Å². The average Bonchev–Trinajstić information content (AvgIpc) is 2.19. The molecule has 0 bridgehead atoms. The van der Waals surface area contributed by atoms with Gasteiger partial charge in [-0.15, -0.1) is 0 Å². The first-order valence-corrected chi connectivity index (χ1v) is 5.61. The molecule has 0 amide bonds. The second-order valence-electron chi connectivity index (χ2n) is 2.80. The number of halogens is 1. The van der Waals surface area contributed by atoms with E-state index in [2.05, 4.69) is 4.72 Å². The summed E-state index contributed by atoms with van der Waals surface area (Å²) in [6, 6.07) is 3.19. The van der Waals surface area contributed by atoms with Crippen LogP contribution < -0.4 is 10.5 Å². The lowest BCUT2D eigenvalue weighted by molar-refractivity contribution is 0.301. The molecule has 0 spiro atoms. The van der Waals surface area contributed by atoms with Crippen molar-refractivity contribution in [3.8, 4) is 0 Å². The SMILES string of the molecule is Nc1ccc(S(=O)(=O)NCCO)cc1F. The molecule has 5 nitrogen and oxygen atoms in total. The number of aliphatic hydroxyl groups is 1. The molecule has 4 N–H and O–H groups in total. The van der Waals surface area contributed by atoms with Crippen molar-refractivity contribution in [3.63, 3.8) is 0 Å². The molecule has 15 heavy (non-hydrogen) atoms. The third-order valence-corrected chi connectivity index (χ3v) is 3.14. The van der Waals surface area contributed by atoms with Crippen LogP contribution in [0, 0.1) is 5.82 Å². The number of hydrogen-bond donors (Lipinski definition) is 3. The van der Waals surface area contributed by atoms with Gasteiger partial charge in [0.1, 0.15) is 5.82 Å². The normalized spacial score (nSPS) is 11.6. The Kier molecular flexibility index (Phi) is 3.61. The van der Waals surface area contributed by atoms with E-state index < -0.39 is 15.8 Å². The highest BCUT2D eigenvalue weighted by Gasteiger charge is 2.14. The highest BCUT2D eigenvalue weighted by atomic mass is 32.2. The van der Waals surface area contributed by atoms with E-state index in [4.69, 9.17) is 10.8 Å². The molecule has 0 aliphatic rings. The zero-order chi connectivity index (χ0) is 11.5. The molecule has 84 valence electrons. The summed E-state index contributed by atoms with van der Waals surface area (Å²) < 4.78 is 37.9. The minimum atomic E-state index is -3.77. The van der Waals surface area contributed by atoms with Gasteiger partial charge in [0, 0.05) is 6.54 Å². The Hall–Kier alpha value is -1.18. The van der Waals surface area contributed by atoms with Crippen LogP contribution in [0.15, 0.2) is 23.1 Å². The Bertz CT molecular complexity index is 447. The lowest BCUT2D eigenvalue weighted by Crippen LogP contribution is -2.26. The second-order valence-corrected chi connectivity index (χ2v) is 4.57. The van der Waals surface area contributed by atoms with E-state index in [1.807, 2.05) is 0 Å². The fraction of sp³-hybridized carbons (Fsp3) is 0.250. The molecule has 0 heterocycles. The first-order valence-electron chi connectivity index (χ1n) is 4.13. The molecule has 1 aromatic rings. The summed E-state index contributed by atoms with van der Waals surface area (Å²) in [5.41, 5.74) is 5.09. The predicted octanol–water partition coefficient (Wildman–Crippen LogP) is -0.322. The van der Waals surface area contributed by atoms with Crippen LogP contribution in [0.4, 0.5) is 10.1 Å². The van der Waals surface area contributed by atoms with E-state index in [9.17, 15) is 12.8 Å². The summed E-state index contributed by atoms with van der Waals surface area (Å²) in [5, 5.41) is 8.45. The Balaban J connectivity index is 3.00. The van der Waals surface area contributed by atoms with Crippen LogP contribution in [-0.2, 0) is 10.0 Å². The molecule has 0 radical (unpaired) electrons. The van der Waals surface area contributed by atoms with Crippen LogP contribution in [-0.4, -0.2) is 26.7 Å². The van der Waals surface area contributed by atoms with Gasteiger partial charge in [0.25, 0.3) is 0 Å². The maximum absolute atomic E-state index is 13.0. The third-order valence-electron chi connectivity index (χ3n) is 1.69. The first-order chi connectivity index (χ1) is 6.97. The summed E-state index contributed by atoms with van der Waals surface area (Å²) in [7, 11) is -3.77. The molecule has 7 heteroatoms. The van der Waals surface area contributed by atoms with Crippen molar-refractivity contribution in [1.82, 2.24) is 4.72 Å². The Labute approximate surface area is 86.8 Å². The summed E-state index contributed by atoms with van der Waals surface area (Å²) >= 11 is 0. The summed E-state index contributed by atoms with van der Waals surface area (Å²) in [4.78, 5) is -0.220. The van der Waals surface area contributed by atoms with Crippen molar-refractivity contribution in [2.45, 2.75) is 4.90 Å². The molecule has 0 aliphatic heterocycles. The van der Waals surface area contributed by atoms with Crippen LogP contribution in [0.5, 0.6) is 0 Å². The van der Waals surface area contributed by atoms with E-state index in [0.717, 1.165) is 6.07 Å². The Morgan fingerprint density at radius 2 is 2.13 bits per heavy atom. The van der Waals surface area contributed by atoms with E-state index in [-0.39, 0.29) is 23.7 Å². The fourth-order valence-corrected chi connectivity index (χ4v) is 1.97. The molecule has 1 rings (SSSR count). The zero-order valence-corrected chi connectivity index (χ0v) is 8.59. The number of nitrogens with one attached hydrogen (secondary N) is 1. The van der Waals surface area contributed by atoms with Gasteiger partial charge in [-0.3, -0.25) is 0 Å². The van der Waals surface area contributed by atoms with Crippen LogP contribution in [0.3, 0.4) is 0 Å². The molecule has 0 atom stereocenters. The van der Waals surface area contributed by atoms with Crippen molar-refractivity contribution in [3.05, 3.63) is 24.0 Å². The highest BCUT2D eigenvalue weighted by Crippen LogP contribution is 2.15. The smallest absolute Gasteiger partial charge is 0.240 e. The Morgan fingerprint density at radius 1 is 1.47 bits per heavy atom. The summed E-state index contributed by atoms with van der Waals surface area (Å²) in [5.74, 6) is -0.790. The van der Waals surface area contributed by atoms with E-state index in [0.29, 0.717) is 0 Å². The van der Waals surface area contributed by atoms with Crippen LogP contribution in [0.2, 0.25) is 0 Å². The van der Waals surface area contributed by atoms with Gasteiger partial charge in [-0.25, -0.2) is 17.5 Å². The standard InChI is InChI=1S/C8H11FN2O3S/c9-7-5-6(1-2-8(7)10)15(13,14)11-3-4-12/h1-2,5,11-12H,3-4,10H2. The number of aliphatic hydroxyl groups excluding tert-OH is 1. The lowest BCUT2D eigenvalue weighted by Gasteiger charge is -2.05. The topological polar surface area (TPSA) is 92.4 Å². The number of rotatable bonds is 4. The highest BCUT2D eigenvalue weighted by molar-refractivity contribution is 7.89. The van der Waals surface area contributed by atoms with Gasteiger partial charge in [-0.2, -0.15) is 0 Å². The molecule has 0 saturated carbocycles. The van der Waals surface area contributed by atoms with E-state index >= 15 is 0 Å². The minimum absolute atomic E-state index is 0.115. The maximum Gasteiger partial charge on any atom is 0.240 e. The zero-order valence-electron chi connectivity index (χ0n) is 7.77. The molecule has 0 aromatic heterocycles. The average molecular weight is 234 g/mol. The van der Waals surface area contributed by atoms with Gasteiger partial charge in [-0.1, -0.05) is 0 Å².